The third-order valence-electron chi connectivity index (χ3n) is 2.42. The van der Waals surface area contributed by atoms with Gasteiger partial charge in [-0.3, -0.25) is 0 Å². The Balaban J connectivity index is 1.98. The fourth-order valence-electron chi connectivity index (χ4n) is 1.50. The number of nitrogens with one attached hydrogen (secondary N) is 1. The molecular formula is C12H13ClN2O. The van der Waals surface area contributed by atoms with Gasteiger partial charge in [-0.15, -0.1) is 0 Å². The molecule has 1 N–H and O–H groups in total. The van der Waals surface area contributed by atoms with Crippen molar-refractivity contribution in [3.63, 3.8) is 0 Å². The SMILES string of the molecule is CC(NCc1ccco1)c1cccnc1Cl. The lowest BCUT2D eigenvalue weighted by Gasteiger charge is -2.13. The Kier molecular flexibility index (Phi) is 3.59. The zero-order chi connectivity index (χ0) is 11.4. The highest BCUT2D eigenvalue weighted by Gasteiger charge is 2.09. The molecule has 2 aromatic heterocycles. The van der Waals surface area contributed by atoms with E-state index in [1.165, 1.54) is 0 Å². The van der Waals surface area contributed by atoms with Crippen LogP contribution in [0.3, 0.4) is 0 Å². The van der Waals surface area contributed by atoms with E-state index in [9.17, 15) is 0 Å². The van der Waals surface area contributed by atoms with E-state index < -0.39 is 0 Å². The van der Waals surface area contributed by atoms with Crippen LogP contribution in [-0.4, -0.2) is 4.98 Å². The van der Waals surface area contributed by atoms with Gasteiger partial charge >= 0.3 is 0 Å². The minimum absolute atomic E-state index is 0.145. The first-order valence-electron chi connectivity index (χ1n) is 5.13. The molecule has 0 aliphatic carbocycles. The summed E-state index contributed by atoms with van der Waals surface area (Å²) in [6.07, 6.45) is 3.35. The second-order valence-corrected chi connectivity index (χ2v) is 3.92. The van der Waals surface area contributed by atoms with Crippen molar-refractivity contribution in [3.8, 4) is 0 Å². The van der Waals surface area contributed by atoms with Crippen LogP contribution in [0.2, 0.25) is 5.15 Å². The van der Waals surface area contributed by atoms with Crippen molar-refractivity contribution in [1.82, 2.24) is 10.3 Å². The maximum Gasteiger partial charge on any atom is 0.133 e. The normalized spacial score (nSPS) is 12.6. The zero-order valence-corrected chi connectivity index (χ0v) is 9.74. The van der Waals surface area contributed by atoms with Crippen molar-refractivity contribution >= 4 is 11.6 Å². The van der Waals surface area contributed by atoms with E-state index in [1.54, 1.807) is 12.5 Å². The molecule has 0 bridgehead atoms. The van der Waals surface area contributed by atoms with Crippen LogP contribution in [0, 0.1) is 0 Å². The van der Waals surface area contributed by atoms with Crippen LogP contribution in [-0.2, 0) is 6.54 Å². The van der Waals surface area contributed by atoms with Crippen LogP contribution in [0.4, 0.5) is 0 Å². The van der Waals surface area contributed by atoms with Crippen molar-refractivity contribution in [2.24, 2.45) is 0 Å². The lowest BCUT2D eigenvalue weighted by atomic mass is 10.1. The van der Waals surface area contributed by atoms with Gasteiger partial charge in [0.1, 0.15) is 10.9 Å². The molecule has 0 spiro atoms. The number of furan rings is 1. The van der Waals surface area contributed by atoms with Crippen molar-refractivity contribution in [3.05, 3.63) is 53.2 Å². The first-order valence-corrected chi connectivity index (χ1v) is 5.51. The molecule has 0 saturated carbocycles. The predicted molar refractivity (Wildman–Crippen MR) is 63.2 cm³/mol. The van der Waals surface area contributed by atoms with E-state index in [1.807, 2.05) is 31.2 Å². The van der Waals surface area contributed by atoms with Gasteiger partial charge in [-0.2, -0.15) is 0 Å². The average Bonchev–Trinajstić information content (AvgIpc) is 2.79. The van der Waals surface area contributed by atoms with Gasteiger partial charge in [-0.05, 0) is 25.1 Å². The van der Waals surface area contributed by atoms with E-state index in [-0.39, 0.29) is 6.04 Å². The first-order chi connectivity index (χ1) is 7.77. The minimum Gasteiger partial charge on any atom is -0.468 e. The van der Waals surface area contributed by atoms with Gasteiger partial charge in [0.05, 0.1) is 12.8 Å². The van der Waals surface area contributed by atoms with Gasteiger partial charge in [-0.25, -0.2) is 4.98 Å². The third-order valence-corrected chi connectivity index (χ3v) is 2.73. The first kappa shape index (κ1) is 11.2. The Morgan fingerprint density at radius 3 is 3.00 bits per heavy atom. The monoisotopic (exact) mass is 236 g/mol. The summed E-state index contributed by atoms with van der Waals surface area (Å²) in [4.78, 5) is 4.05. The van der Waals surface area contributed by atoms with Gasteiger partial charge in [0.25, 0.3) is 0 Å². The number of rotatable bonds is 4. The van der Waals surface area contributed by atoms with Crippen LogP contribution in [0.1, 0.15) is 24.3 Å². The highest BCUT2D eigenvalue weighted by molar-refractivity contribution is 6.30. The quantitative estimate of drug-likeness (QED) is 0.829. The number of hydrogen-bond acceptors (Lipinski definition) is 3. The molecule has 0 radical (unpaired) electrons. The van der Waals surface area contributed by atoms with Crippen LogP contribution >= 0.6 is 11.6 Å². The minimum atomic E-state index is 0.145. The summed E-state index contributed by atoms with van der Waals surface area (Å²) in [7, 11) is 0. The summed E-state index contributed by atoms with van der Waals surface area (Å²) in [5, 5.41) is 3.87. The molecule has 3 nitrogen and oxygen atoms in total. The predicted octanol–water partition coefficient (Wildman–Crippen LogP) is 3.18. The Bertz CT molecular complexity index is 442. The van der Waals surface area contributed by atoms with Crippen LogP contribution in [0.5, 0.6) is 0 Å². The molecule has 2 aromatic rings. The molecule has 2 rings (SSSR count). The second-order valence-electron chi connectivity index (χ2n) is 3.57. The van der Waals surface area contributed by atoms with Gasteiger partial charge in [0, 0.05) is 17.8 Å². The Morgan fingerprint density at radius 2 is 2.31 bits per heavy atom. The summed E-state index contributed by atoms with van der Waals surface area (Å²) < 4.78 is 5.24. The van der Waals surface area contributed by atoms with Crippen molar-refractivity contribution in [2.75, 3.05) is 0 Å². The topological polar surface area (TPSA) is 38.1 Å². The van der Waals surface area contributed by atoms with Crippen molar-refractivity contribution in [1.29, 1.82) is 0 Å². The number of aromatic nitrogens is 1. The molecule has 0 amide bonds. The second kappa shape index (κ2) is 5.14. The van der Waals surface area contributed by atoms with Crippen LogP contribution in [0.25, 0.3) is 0 Å². The molecule has 16 heavy (non-hydrogen) atoms. The average molecular weight is 237 g/mol. The number of pyridine rings is 1. The molecule has 0 aliphatic rings. The Hall–Kier alpha value is -1.32. The molecule has 1 unspecified atom stereocenters. The molecule has 2 heterocycles. The molecule has 0 fully saturated rings. The third kappa shape index (κ3) is 2.62. The van der Waals surface area contributed by atoms with Crippen molar-refractivity contribution < 1.29 is 4.42 Å². The summed E-state index contributed by atoms with van der Waals surface area (Å²) in [6.45, 7) is 2.73. The Morgan fingerprint density at radius 1 is 1.44 bits per heavy atom. The lowest BCUT2D eigenvalue weighted by Crippen LogP contribution is -2.18. The van der Waals surface area contributed by atoms with E-state index in [2.05, 4.69) is 10.3 Å². The maximum atomic E-state index is 6.01. The highest BCUT2D eigenvalue weighted by atomic mass is 35.5. The summed E-state index contributed by atoms with van der Waals surface area (Å²) >= 11 is 6.01. The molecule has 0 aromatic carbocycles. The fourth-order valence-corrected chi connectivity index (χ4v) is 1.78. The van der Waals surface area contributed by atoms with Gasteiger partial charge < -0.3 is 9.73 Å². The van der Waals surface area contributed by atoms with E-state index in [0.29, 0.717) is 11.7 Å². The Labute approximate surface area is 99.5 Å². The highest BCUT2D eigenvalue weighted by Crippen LogP contribution is 2.20. The molecular weight excluding hydrogens is 224 g/mol. The van der Waals surface area contributed by atoms with Gasteiger partial charge in [0.15, 0.2) is 0 Å². The van der Waals surface area contributed by atoms with Crippen LogP contribution < -0.4 is 5.32 Å². The maximum absolute atomic E-state index is 6.01. The largest absolute Gasteiger partial charge is 0.468 e. The standard InChI is InChI=1S/C12H13ClN2O/c1-9(11-5-2-6-14-12(11)13)15-8-10-4-3-7-16-10/h2-7,9,15H,8H2,1H3. The number of halogens is 1. The number of hydrogen-bond donors (Lipinski definition) is 1. The van der Waals surface area contributed by atoms with Crippen molar-refractivity contribution in [2.45, 2.75) is 19.5 Å². The fraction of sp³-hybridized carbons (Fsp3) is 0.250. The van der Waals surface area contributed by atoms with Gasteiger partial charge in [0.2, 0.25) is 0 Å². The van der Waals surface area contributed by atoms with E-state index >= 15 is 0 Å². The molecule has 84 valence electrons. The van der Waals surface area contributed by atoms with E-state index in [4.69, 9.17) is 16.0 Å². The van der Waals surface area contributed by atoms with Crippen LogP contribution in [0.15, 0.2) is 41.1 Å². The molecule has 0 aliphatic heterocycles. The lowest BCUT2D eigenvalue weighted by molar-refractivity contribution is 0.460. The van der Waals surface area contributed by atoms with Gasteiger partial charge in [-0.1, -0.05) is 17.7 Å². The summed E-state index contributed by atoms with van der Waals surface area (Å²) in [5.74, 6) is 0.909. The molecule has 4 heteroatoms. The number of nitrogens with zero attached hydrogens (tertiary/aromatic N) is 1. The summed E-state index contributed by atoms with van der Waals surface area (Å²) in [5.41, 5.74) is 0.996. The molecule has 1 atom stereocenters. The molecule has 0 saturated heterocycles. The summed E-state index contributed by atoms with van der Waals surface area (Å²) in [6, 6.07) is 7.80. The van der Waals surface area contributed by atoms with E-state index in [0.717, 1.165) is 11.3 Å². The smallest absolute Gasteiger partial charge is 0.133 e. The zero-order valence-electron chi connectivity index (χ0n) is 8.98.